The van der Waals surface area contributed by atoms with E-state index < -0.39 is 17.4 Å². The molecule has 1 spiro atoms. The maximum atomic E-state index is 13.9. The Labute approximate surface area is 156 Å². The molecule has 1 saturated heterocycles. The number of Topliss-reactive ketones (excluding diaryl/α,β-unsaturated/α-hetero) is 1. The highest BCUT2D eigenvalue weighted by molar-refractivity contribution is 6.01. The van der Waals surface area contributed by atoms with E-state index in [-0.39, 0.29) is 11.3 Å². The molecule has 1 N–H and O–H groups in total. The summed E-state index contributed by atoms with van der Waals surface area (Å²) in [6.07, 6.45) is 1.97. The zero-order valence-electron chi connectivity index (χ0n) is 15.0. The zero-order chi connectivity index (χ0) is 19.0. The van der Waals surface area contributed by atoms with E-state index >= 15 is 0 Å². The molecule has 5 nitrogen and oxygen atoms in total. The lowest BCUT2D eigenvalue weighted by atomic mass is 9.82. The standard InChI is InChI=1S/C21H20FNO4/c1-26-20(25)15-10-13(2-4-17(15)22)14-3-5-19-16(11-14)18(24)12-21(27-19)6-8-23-9-7-21/h2-5,10-11,23H,6-9,12H2,1H3. The highest BCUT2D eigenvalue weighted by Crippen LogP contribution is 2.39. The Hall–Kier alpha value is -2.73. The van der Waals surface area contributed by atoms with E-state index in [1.54, 1.807) is 18.2 Å². The molecule has 2 aliphatic heterocycles. The van der Waals surface area contributed by atoms with Crippen LogP contribution in [0, 0.1) is 5.82 Å². The predicted octanol–water partition coefficient (Wildman–Crippen LogP) is 3.37. The van der Waals surface area contributed by atoms with Gasteiger partial charge in [0.25, 0.3) is 0 Å². The van der Waals surface area contributed by atoms with Crippen LogP contribution in [0.3, 0.4) is 0 Å². The molecular formula is C21H20FNO4. The van der Waals surface area contributed by atoms with Crippen LogP contribution in [-0.2, 0) is 4.74 Å². The van der Waals surface area contributed by atoms with Gasteiger partial charge in [0.05, 0.1) is 24.7 Å². The average Bonchev–Trinajstić information content (AvgIpc) is 2.68. The molecule has 2 aromatic carbocycles. The summed E-state index contributed by atoms with van der Waals surface area (Å²) in [5.41, 5.74) is 1.33. The van der Waals surface area contributed by atoms with Crippen LogP contribution in [0.25, 0.3) is 11.1 Å². The second kappa shape index (κ2) is 6.78. The Kier molecular flexibility index (Phi) is 4.44. The van der Waals surface area contributed by atoms with Crippen molar-refractivity contribution in [3.63, 3.8) is 0 Å². The number of methoxy groups -OCH3 is 1. The number of benzene rings is 2. The summed E-state index contributed by atoms with van der Waals surface area (Å²) in [5, 5.41) is 3.29. The summed E-state index contributed by atoms with van der Waals surface area (Å²) >= 11 is 0. The second-order valence-electron chi connectivity index (χ2n) is 7.03. The molecule has 0 amide bonds. The van der Waals surface area contributed by atoms with Crippen molar-refractivity contribution in [3.8, 4) is 16.9 Å². The molecule has 0 bridgehead atoms. The molecule has 27 heavy (non-hydrogen) atoms. The summed E-state index contributed by atoms with van der Waals surface area (Å²) in [6.45, 7) is 1.68. The van der Waals surface area contributed by atoms with Gasteiger partial charge < -0.3 is 14.8 Å². The lowest BCUT2D eigenvalue weighted by Crippen LogP contribution is -2.49. The van der Waals surface area contributed by atoms with E-state index in [1.807, 2.05) is 6.07 Å². The molecule has 0 aliphatic carbocycles. The molecular weight excluding hydrogens is 349 g/mol. The van der Waals surface area contributed by atoms with Crippen LogP contribution in [0.1, 0.15) is 40.0 Å². The van der Waals surface area contributed by atoms with Crippen LogP contribution in [-0.4, -0.2) is 37.6 Å². The fourth-order valence-corrected chi connectivity index (χ4v) is 3.81. The third-order valence-corrected chi connectivity index (χ3v) is 5.31. The minimum atomic E-state index is -0.737. The van der Waals surface area contributed by atoms with E-state index in [0.717, 1.165) is 31.5 Å². The maximum Gasteiger partial charge on any atom is 0.340 e. The molecule has 0 atom stereocenters. The summed E-state index contributed by atoms with van der Waals surface area (Å²) in [4.78, 5) is 24.5. The number of esters is 1. The number of carbonyl (C=O) groups is 2. The van der Waals surface area contributed by atoms with Gasteiger partial charge in [-0.2, -0.15) is 0 Å². The van der Waals surface area contributed by atoms with Crippen LogP contribution in [0.2, 0.25) is 0 Å². The van der Waals surface area contributed by atoms with Gasteiger partial charge >= 0.3 is 5.97 Å². The van der Waals surface area contributed by atoms with Crippen molar-refractivity contribution in [1.82, 2.24) is 5.32 Å². The van der Waals surface area contributed by atoms with E-state index in [1.165, 1.54) is 19.2 Å². The fraction of sp³-hybridized carbons (Fsp3) is 0.333. The maximum absolute atomic E-state index is 13.9. The highest BCUT2D eigenvalue weighted by atomic mass is 19.1. The number of ether oxygens (including phenoxy) is 2. The minimum Gasteiger partial charge on any atom is -0.486 e. The van der Waals surface area contributed by atoms with Gasteiger partial charge in [0.1, 0.15) is 17.2 Å². The first kappa shape index (κ1) is 17.7. The van der Waals surface area contributed by atoms with Crippen molar-refractivity contribution in [1.29, 1.82) is 0 Å². The molecule has 0 unspecified atom stereocenters. The van der Waals surface area contributed by atoms with Crippen molar-refractivity contribution in [2.24, 2.45) is 0 Å². The van der Waals surface area contributed by atoms with Crippen molar-refractivity contribution in [2.45, 2.75) is 24.9 Å². The quantitative estimate of drug-likeness (QED) is 0.823. The topological polar surface area (TPSA) is 64.6 Å². The van der Waals surface area contributed by atoms with E-state index in [9.17, 15) is 14.0 Å². The Morgan fingerprint density at radius 1 is 1.15 bits per heavy atom. The van der Waals surface area contributed by atoms with Gasteiger partial charge in [0.2, 0.25) is 0 Å². The summed E-state index contributed by atoms with van der Waals surface area (Å²) in [6, 6.07) is 9.59. The molecule has 2 heterocycles. The predicted molar refractivity (Wildman–Crippen MR) is 97.6 cm³/mol. The van der Waals surface area contributed by atoms with Crippen LogP contribution in [0.4, 0.5) is 4.39 Å². The van der Waals surface area contributed by atoms with Gasteiger partial charge in [-0.25, -0.2) is 9.18 Å². The number of halogens is 1. The summed E-state index contributed by atoms with van der Waals surface area (Å²) in [7, 11) is 1.21. The lowest BCUT2D eigenvalue weighted by molar-refractivity contribution is 0.0187. The molecule has 2 aliphatic rings. The van der Waals surface area contributed by atoms with Gasteiger partial charge in [-0.15, -0.1) is 0 Å². The Morgan fingerprint density at radius 2 is 1.85 bits per heavy atom. The van der Waals surface area contributed by atoms with Crippen LogP contribution >= 0.6 is 0 Å². The van der Waals surface area contributed by atoms with Crippen molar-refractivity contribution < 1.29 is 23.5 Å². The first-order valence-electron chi connectivity index (χ1n) is 8.97. The first-order valence-corrected chi connectivity index (χ1v) is 8.97. The number of piperidine rings is 1. The lowest BCUT2D eigenvalue weighted by Gasteiger charge is -2.41. The second-order valence-corrected chi connectivity index (χ2v) is 7.03. The molecule has 0 saturated carbocycles. The SMILES string of the molecule is COC(=O)c1cc(-c2ccc3c(c2)C(=O)CC2(CCNCC2)O3)ccc1F. The van der Waals surface area contributed by atoms with Gasteiger partial charge in [0.15, 0.2) is 5.78 Å². The largest absolute Gasteiger partial charge is 0.486 e. The van der Waals surface area contributed by atoms with Gasteiger partial charge in [-0.05, 0) is 48.5 Å². The molecule has 6 heteroatoms. The van der Waals surface area contributed by atoms with E-state index in [2.05, 4.69) is 10.1 Å². The number of carbonyl (C=O) groups excluding carboxylic acids is 2. The number of nitrogens with one attached hydrogen (secondary N) is 1. The number of fused-ring (bicyclic) bond motifs is 1. The minimum absolute atomic E-state index is 0.0512. The average molecular weight is 369 g/mol. The Balaban J connectivity index is 1.69. The van der Waals surface area contributed by atoms with Gasteiger partial charge in [-0.1, -0.05) is 12.1 Å². The normalized spacial score (nSPS) is 17.9. The fourth-order valence-electron chi connectivity index (χ4n) is 3.81. The number of ketones is 1. The summed E-state index contributed by atoms with van der Waals surface area (Å²) < 4.78 is 24.7. The Morgan fingerprint density at radius 3 is 2.59 bits per heavy atom. The van der Waals surface area contributed by atoms with E-state index in [0.29, 0.717) is 23.3 Å². The smallest absolute Gasteiger partial charge is 0.340 e. The van der Waals surface area contributed by atoms with Crippen molar-refractivity contribution >= 4 is 11.8 Å². The molecule has 1 fully saturated rings. The van der Waals surface area contributed by atoms with Crippen molar-refractivity contribution in [3.05, 3.63) is 53.3 Å². The van der Waals surface area contributed by atoms with Crippen molar-refractivity contribution in [2.75, 3.05) is 20.2 Å². The Bertz CT molecular complexity index is 918. The summed E-state index contributed by atoms with van der Waals surface area (Å²) in [5.74, 6) is -0.738. The monoisotopic (exact) mass is 369 g/mol. The van der Waals surface area contributed by atoms with E-state index in [4.69, 9.17) is 4.74 Å². The molecule has 2 aromatic rings. The third-order valence-electron chi connectivity index (χ3n) is 5.31. The molecule has 0 radical (unpaired) electrons. The number of hydrogen-bond acceptors (Lipinski definition) is 5. The molecule has 0 aromatic heterocycles. The van der Waals surface area contributed by atoms with Crippen LogP contribution in [0.5, 0.6) is 5.75 Å². The zero-order valence-corrected chi connectivity index (χ0v) is 15.0. The van der Waals surface area contributed by atoms with Gasteiger partial charge in [0, 0.05) is 12.8 Å². The number of hydrogen-bond donors (Lipinski definition) is 1. The molecule has 140 valence electrons. The number of rotatable bonds is 2. The van der Waals surface area contributed by atoms with Crippen LogP contribution in [0.15, 0.2) is 36.4 Å². The third kappa shape index (κ3) is 3.21. The first-order chi connectivity index (χ1) is 13.0. The highest BCUT2D eigenvalue weighted by Gasteiger charge is 2.41. The van der Waals surface area contributed by atoms with Crippen LogP contribution < -0.4 is 10.1 Å². The van der Waals surface area contributed by atoms with Gasteiger partial charge in [-0.3, -0.25) is 4.79 Å². The molecule has 4 rings (SSSR count).